The van der Waals surface area contributed by atoms with E-state index in [1.54, 1.807) is 6.20 Å². The number of aromatic nitrogens is 1. The first-order chi connectivity index (χ1) is 8.20. The van der Waals surface area contributed by atoms with Gasteiger partial charge in [-0.25, -0.2) is 0 Å². The van der Waals surface area contributed by atoms with Crippen LogP contribution in [0.3, 0.4) is 0 Å². The molecule has 17 heavy (non-hydrogen) atoms. The highest BCUT2D eigenvalue weighted by Gasteiger charge is 2.26. The summed E-state index contributed by atoms with van der Waals surface area (Å²) < 4.78 is 0. The van der Waals surface area contributed by atoms with Gasteiger partial charge in [-0.2, -0.15) is 0 Å². The fraction of sp³-hybridized carbons (Fsp3) is 0.417. The second kappa shape index (κ2) is 4.95. The molecule has 1 aromatic rings. The molecule has 1 aliphatic rings. The van der Waals surface area contributed by atoms with Crippen LogP contribution in [0.25, 0.3) is 0 Å². The van der Waals surface area contributed by atoms with E-state index < -0.39 is 0 Å². The molecule has 1 fully saturated rings. The summed E-state index contributed by atoms with van der Waals surface area (Å²) in [6, 6.07) is 3.68. The number of anilines is 1. The molecule has 0 bridgehead atoms. The fourth-order valence-electron chi connectivity index (χ4n) is 1.86. The van der Waals surface area contributed by atoms with E-state index in [4.69, 9.17) is 0 Å². The van der Waals surface area contributed by atoms with Crippen LogP contribution in [0.5, 0.6) is 0 Å². The van der Waals surface area contributed by atoms with Gasteiger partial charge in [-0.05, 0) is 18.6 Å². The Morgan fingerprint density at radius 1 is 1.35 bits per heavy atom. The summed E-state index contributed by atoms with van der Waals surface area (Å²) in [5, 5.41) is 3.00. The van der Waals surface area contributed by atoms with Crippen molar-refractivity contribution < 1.29 is 9.59 Å². The number of nitrogens with one attached hydrogen (secondary N) is 1. The van der Waals surface area contributed by atoms with Crippen LogP contribution in [0.15, 0.2) is 18.3 Å². The molecule has 1 N–H and O–H groups in total. The largest absolute Gasteiger partial charge is 0.388 e. The SMILES string of the molecule is CNc1ccnc(CN2C(=O)CCCC2=O)c1. The Kier molecular flexibility index (Phi) is 3.37. The van der Waals surface area contributed by atoms with E-state index in [0.29, 0.717) is 19.3 Å². The molecular weight excluding hydrogens is 218 g/mol. The Hall–Kier alpha value is -1.91. The highest BCUT2D eigenvalue weighted by atomic mass is 16.2. The lowest BCUT2D eigenvalue weighted by atomic mass is 10.1. The molecule has 2 amide bonds. The summed E-state index contributed by atoms with van der Waals surface area (Å²) in [6.45, 7) is 0.271. The first kappa shape index (κ1) is 11.6. The number of hydrogen-bond donors (Lipinski definition) is 1. The number of pyridine rings is 1. The summed E-state index contributed by atoms with van der Waals surface area (Å²) in [5.41, 5.74) is 1.65. The van der Waals surface area contributed by atoms with E-state index in [-0.39, 0.29) is 18.4 Å². The van der Waals surface area contributed by atoms with Crippen molar-refractivity contribution in [2.75, 3.05) is 12.4 Å². The Balaban J connectivity index is 2.13. The van der Waals surface area contributed by atoms with Gasteiger partial charge in [0, 0.05) is 31.8 Å². The van der Waals surface area contributed by atoms with Crippen molar-refractivity contribution in [1.29, 1.82) is 0 Å². The number of nitrogens with zero attached hydrogens (tertiary/aromatic N) is 2. The van der Waals surface area contributed by atoms with Crippen molar-refractivity contribution >= 4 is 17.5 Å². The molecule has 0 aromatic carbocycles. The van der Waals surface area contributed by atoms with Crippen LogP contribution < -0.4 is 5.32 Å². The van der Waals surface area contributed by atoms with Gasteiger partial charge in [0.25, 0.3) is 0 Å². The average Bonchev–Trinajstić information content (AvgIpc) is 2.34. The predicted molar refractivity (Wildman–Crippen MR) is 63.2 cm³/mol. The summed E-state index contributed by atoms with van der Waals surface area (Å²) in [5.74, 6) is -0.198. The lowest BCUT2D eigenvalue weighted by molar-refractivity contribution is -0.148. The topological polar surface area (TPSA) is 62.3 Å². The molecule has 2 rings (SSSR count). The summed E-state index contributed by atoms with van der Waals surface area (Å²) in [6.07, 6.45) is 3.24. The number of rotatable bonds is 3. The Bertz CT molecular complexity index is 429. The molecule has 90 valence electrons. The molecule has 1 aliphatic heterocycles. The van der Waals surface area contributed by atoms with Crippen LogP contribution in [-0.4, -0.2) is 28.7 Å². The van der Waals surface area contributed by atoms with Gasteiger partial charge in [0.15, 0.2) is 0 Å². The van der Waals surface area contributed by atoms with Crippen LogP contribution in [-0.2, 0) is 16.1 Å². The van der Waals surface area contributed by atoms with Gasteiger partial charge in [0.2, 0.25) is 11.8 Å². The molecule has 2 heterocycles. The maximum absolute atomic E-state index is 11.6. The van der Waals surface area contributed by atoms with Gasteiger partial charge in [0.05, 0.1) is 12.2 Å². The monoisotopic (exact) mass is 233 g/mol. The smallest absolute Gasteiger partial charge is 0.229 e. The summed E-state index contributed by atoms with van der Waals surface area (Å²) in [7, 11) is 1.82. The standard InChI is InChI=1S/C12H15N3O2/c1-13-9-5-6-14-10(7-9)8-15-11(16)3-2-4-12(15)17/h5-7H,2-4,8H2,1H3,(H,13,14). The maximum Gasteiger partial charge on any atom is 0.229 e. The van der Waals surface area contributed by atoms with E-state index in [1.807, 2.05) is 19.2 Å². The third kappa shape index (κ3) is 2.61. The van der Waals surface area contributed by atoms with Crippen molar-refractivity contribution in [2.24, 2.45) is 0 Å². The number of amides is 2. The second-order valence-electron chi connectivity index (χ2n) is 4.01. The molecule has 1 aromatic heterocycles. The molecule has 1 saturated heterocycles. The lowest BCUT2D eigenvalue weighted by Crippen LogP contribution is -2.39. The van der Waals surface area contributed by atoms with Crippen LogP contribution in [0.2, 0.25) is 0 Å². The van der Waals surface area contributed by atoms with E-state index in [9.17, 15) is 9.59 Å². The van der Waals surface area contributed by atoms with Crippen LogP contribution in [0.4, 0.5) is 5.69 Å². The minimum atomic E-state index is -0.0992. The zero-order valence-electron chi connectivity index (χ0n) is 9.77. The fourth-order valence-corrected chi connectivity index (χ4v) is 1.86. The summed E-state index contributed by atoms with van der Waals surface area (Å²) in [4.78, 5) is 28.7. The number of piperidine rings is 1. The van der Waals surface area contributed by atoms with Crippen molar-refractivity contribution in [1.82, 2.24) is 9.88 Å². The second-order valence-corrected chi connectivity index (χ2v) is 4.01. The van der Waals surface area contributed by atoms with Crippen LogP contribution >= 0.6 is 0 Å². The third-order valence-electron chi connectivity index (χ3n) is 2.81. The molecule has 0 saturated carbocycles. The number of likely N-dealkylation sites (tertiary alicyclic amines) is 1. The minimum absolute atomic E-state index is 0.0992. The van der Waals surface area contributed by atoms with Crippen LogP contribution in [0, 0.1) is 0 Å². The molecule has 0 unspecified atom stereocenters. The van der Waals surface area contributed by atoms with Gasteiger partial charge in [-0.3, -0.25) is 19.5 Å². The number of carbonyl (C=O) groups excluding carboxylic acids is 2. The zero-order valence-corrected chi connectivity index (χ0v) is 9.77. The van der Waals surface area contributed by atoms with Gasteiger partial charge in [-0.15, -0.1) is 0 Å². The van der Waals surface area contributed by atoms with Gasteiger partial charge in [-0.1, -0.05) is 0 Å². The Morgan fingerprint density at radius 3 is 2.71 bits per heavy atom. The molecule has 0 atom stereocenters. The molecule has 0 aliphatic carbocycles. The van der Waals surface area contributed by atoms with Crippen LogP contribution in [0.1, 0.15) is 25.0 Å². The highest BCUT2D eigenvalue weighted by Crippen LogP contribution is 2.16. The van der Waals surface area contributed by atoms with Crippen molar-refractivity contribution in [2.45, 2.75) is 25.8 Å². The Morgan fingerprint density at radius 2 is 2.06 bits per heavy atom. The average molecular weight is 233 g/mol. The first-order valence-electron chi connectivity index (χ1n) is 5.66. The molecular formula is C12H15N3O2. The number of carbonyl (C=O) groups is 2. The molecule has 5 heteroatoms. The maximum atomic E-state index is 11.6. The molecule has 0 spiro atoms. The van der Waals surface area contributed by atoms with E-state index in [2.05, 4.69) is 10.3 Å². The minimum Gasteiger partial charge on any atom is -0.388 e. The van der Waals surface area contributed by atoms with Gasteiger partial charge < -0.3 is 5.32 Å². The number of imide groups is 1. The van der Waals surface area contributed by atoms with Crippen molar-refractivity contribution in [3.63, 3.8) is 0 Å². The van der Waals surface area contributed by atoms with E-state index in [0.717, 1.165) is 11.4 Å². The predicted octanol–water partition coefficient (Wildman–Crippen LogP) is 1.16. The van der Waals surface area contributed by atoms with Crippen molar-refractivity contribution in [3.8, 4) is 0 Å². The quantitative estimate of drug-likeness (QED) is 0.796. The van der Waals surface area contributed by atoms with E-state index in [1.165, 1.54) is 4.90 Å². The van der Waals surface area contributed by atoms with E-state index >= 15 is 0 Å². The third-order valence-corrected chi connectivity index (χ3v) is 2.81. The normalized spacial score (nSPS) is 16.2. The first-order valence-corrected chi connectivity index (χ1v) is 5.66. The highest BCUT2D eigenvalue weighted by molar-refractivity contribution is 5.97. The molecule has 5 nitrogen and oxygen atoms in total. The summed E-state index contributed by atoms with van der Waals surface area (Å²) >= 11 is 0. The van der Waals surface area contributed by atoms with Crippen molar-refractivity contribution in [3.05, 3.63) is 24.0 Å². The van der Waals surface area contributed by atoms with Gasteiger partial charge in [0.1, 0.15) is 0 Å². The zero-order chi connectivity index (χ0) is 12.3. The lowest BCUT2D eigenvalue weighted by Gasteiger charge is -2.24. The van der Waals surface area contributed by atoms with Gasteiger partial charge >= 0.3 is 0 Å². The molecule has 0 radical (unpaired) electrons. The number of hydrogen-bond acceptors (Lipinski definition) is 4. The Labute approximate surface area is 99.8 Å².